The summed E-state index contributed by atoms with van der Waals surface area (Å²) in [6.45, 7) is 7.07. The zero-order valence-electron chi connectivity index (χ0n) is 24.4. The van der Waals surface area contributed by atoms with Gasteiger partial charge < -0.3 is 5.32 Å². The summed E-state index contributed by atoms with van der Waals surface area (Å²) in [6, 6.07) is 0. The van der Waals surface area contributed by atoms with Gasteiger partial charge in [-0.1, -0.05) is 20.8 Å². The van der Waals surface area contributed by atoms with Crippen molar-refractivity contribution in [2.45, 2.75) is 97.5 Å². The van der Waals surface area contributed by atoms with Gasteiger partial charge in [0.15, 0.2) is 0 Å². The van der Waals surface area contributed by atoms with Crippen LogP contribution in [0.5, 0.6) is 0 Å². The molecule has 13 heteroatoms. The monoisotopic (exact) mass is 609 g/mol. The van der Waals surface area contributed by atoms with Crippen LogP contribution in [0.3, 0.4) is 0 Å². The van der Waals surface area contributed by atoms with Gasteiger partial charge in [-0.3, -0.25) is 13.9 Å². The molecule has 4 saturated carbocycles. The molecule has 1 amide bonds. The standard InChI is InChI=1S/C26H45NO8S2.2Na/c1-17(4-9-24(28)27-14-15-36(29,30)31)21-7-8-22-20-6-5-18-16-19(35-37(32,33)34)10-12-25(18,2)23(20)11-13-26(21,22)3;;/h17-23H,4-16H2,1-3H3,(H,27,28)(H,29,30,31)(H,32,33,34);;/t17-,18-,19-,20+,21-,22+,23+,25+,26-;;/m1../s1. The van der Waals surface area contributed by atoms with Crippen molar-refractivity contribution >= 4 is 85.5 Å². The number of hydrogen-bond donors (Lipinski definition) is 3. The molecule has 0 unspecified atom stereocenters. The molecule has 0 bridgehead atoms. The Morgan fingerprint density at radius 2 is 1.59 bits per heavy atom. The Kier molecular flexibility index (Phi) is 13.0. The molecule has 0 aromatic carbocycles. The predicted octanol–water partition coefficient (Wildman–Crippen LogP) is 3.49. The Morgan fingerprint density at radius 3 is 2.23 bits per heavy atom. The molecule has 3 N–H and O–H groups in total. The molecule has 0 aromatic rings. The molecule has 4 fully saturated rings. The first-order valence-corrected chi connectivity index (χ1v) is 17.0. The Hall–Kier alpha value is 1.25. The summed E-state index contributed by atoms with van der Waals surface area (Å²) in [5.41, 5.74) is 0.448. The molecule has 4 aliphatic carbocycles. The van der Waals surface area contributed by atoms with Crippen molar-refractivity contribution in [3.63, 3.8) is 0 Å². The van der Waals surface area contributed by atoms with Crippen LogP contribution in [-0.2, 0) is 29.5 Å². The molecular weight excluding hydrogens is 564 g/mol. The van der Waals surface area contributed by atoms with Crippen molar-refractivity contribution in [2.24, 2.45) is 46.3 Å². The van der Waals surface area contributed by atoms with Gasteiger partial charge in [0.1, 0.15) is 0 Å². The molecule has 4 aliphatic rings. The van der Waals surface area contributed by atoms with E-state index >= 15 is 0 Å². The third-order valence-corrected chi connectivity index (χ3v) is 12.4. The Balaban J connectivity index is 0.00000267. The van der Waals surface area contributed by atoms with Crippen LogP contribution in [0.15, 0.2) is 0 Å². The zero-order chi connectivity index (χ0) is 27.2. The number of carbonyl (C=O) groups excluding carboxylic acids is 1. The third kappa shape index (κ3) is 8.46. The Labute approximate surface area is 279 Å². The molecule has 4 rings (SSSR count). The van der Waals surface area contributed by atoms with E-state index in [2.05, 4.69) is 26.1 Å². The smallest absolute Gasteiger partial charge is 0.355 e. The normalized spacial score (nSPS) is 38.7. The second kappa shape index (κ2) is 13.9. The number of fused-ring (bicyclic) bond motifs is 5. The predicted molar refractivity (Wildman–Crippen MR) is 151 cm³/mol. The van der Waals surface area contributed by atoms with E-state index in [0.29, 0.717) is 54.8 Å². The second-order valence-electron chi connectivity index (χ2n) is 13.0. The largest absolute Gasteiger partial charge is 0.397 e. The Bertz CT molecular complexity index is 1070. The average molecular weight is 610 g/mol. The quantitative estimate of drug-likeness (QED) is 0.266. The summed E-state index contributed by atoms with van der Waals surface area (Å²) in [4.78, 5) is 12.2. The fraction of sp³-hybridized carbons (Fsp3) is 0.962. The topological polar surface area (TPSA) is 147 Å². The van der Waals surface area contributed by atoms with Crippen molar-refractivity contribution < 1.29 is 34.9 Å². The van der Waals surface area contributed by atoms with Gasteiger partial charge in [0.25, 0.3) is 10.1 Å². The van der Waals surface area contributed by atoms with E-state index in [1.807, 2.05) is 0 Å². The first-order chi connectivity index (χ1) is 17.1. The van der Waals surface area contributed by atoms with E-state index < -0.39 is 32.4 Å². The zero-order valence-corrected chi connectivity index (χ0v) is 30.0. The summed E-state index contributed by atoms with van der Waals surface area (Å²) < 4.78 is 67.2. The van der Waals surface area contributed by atoms with Crippen LogP contribution in [0.1, 0.15) is 91.4 Å². The third-order valence-electron chi connectivity index (χ3n) is 11.1. The Morgan fingerprint density at radius 1 is 0.949 bits per heavy atom. The molecule has 9 nitrogen and oxygen atoms in total. The molecule has 0 heterocycles. The van der Waals surface area contributed by atoms with Crippen LogP contribution < -0.4 is 5.32 Å². The molecule has 216 valence electrons. The van der Waals surface area contributed by atoms with Crippen molar-refractivity contribution in [1.29, 1.82) is 0 Å². The van der Waals surface area contributed by atoms with Crippen molar-refractivity contribution in [2.75, 3.05) is 12.3 Å². The molecule has 39 heavy (non-hydrogen) atoms. The molecule has 0 aromatic heterocycles. The van der Waals surface area contributed by atoms with Gasteiger partial charge in [-0.25, -0.2) is 4.18 Å². The van der Waals surface area contributed by atoms with Crippen molar-refractivity contribution in [3.05, 3.63) is 0 Å². The van der Waals surface area contributed by atoms with Gasteiger partial charge in [-0.05, 0) is 111 Å². The SMILES string of the molecule is C[C@H](CCC(=O)NCCS(=O)(=O)O)[C@H]1CC[C@H]2[C@@H]3CC[C@@H]4C[C@H](OS(=O)(=O)O)CC[C@]4(C)[C@H]3CC[C@]12C.[Na].[Na]. The summed E-state index contributed by atoms with van der Waals surface area (Å²) in [6.07, 6.45) is 10.1. The maximum atomic E-state index is 12.2. The van der Waals surface area contributed by atoms with Gasteiger partial charge in [0, 0.05) is 72.1 Å². The summed E-state index contributed by atoms with van der Waals surface area (Å²) in [5, 5.41) is 2.60. The first kappa shape index (κ1) is 36.4. The number of hydrogen-bond acceptors (Lipinski definition) is 6. The molecule has 9 atom stereocenters. The van der Waals surface area contributed by atoms with E-state index in [0.717, 1.165) is 19.3 Å². The summed E-state index contributed by atoms with van der Waals surface area (Å²) in [5.74, 6) is 2.75. The molecule has 0 aliphatic heterocycles. The van der Waals surface area contributed by atoms with E-state index in [9.17, 15) is 21.6 Å². The summed E-state index contributed by atoms with van der Waals surface area (Å²) >= 11 is 0. The van der Waals surface area contributed by atoms with Crippen LogP contribution in [0.2, 0.25) is 0 Å². The van der Waals surface area contributed by atoms with Gasteiger partial charge in [-0.15, -0.1) is 0 Å². The molecule has 2 radical (unpaired) electrons. The second-order valence-corrected chi connectivity index (χ2v) is 15.6. The maximum Gasteiger partial charge on any atom is 0.397 e. The van der Waals surface area contributed by atoms with E-state index in [1.54, 1.807) is 0 Å². The number of amides is 1. The fourth-order valence-corrected chi connectivity index (χ4v) is 10.3. The maximum absolute atomic E-state index is 12.2. The molecule has 0 spiro atoms. The van der Waals surface area contributed by atoms with Crippen LogP contribution >= 0.6 is 0 Å². The van der Waals surface area contributed by atoms with Crippen LogP contribution in [0.4, 0.5) is 0 Å². The summed E-state index contributed by atoms with van der Waals surface area (Å²) in [7, 11) is -8.49. The van der Waals surface area contributed by atoms with Gasteiger partial charge in [0.2, 0.25) is 5.91 Å². The van der Waals surface area contributed by atoms with Crippen molar-refractivity contribution in [1.82, 2.24) is 5.32 Å². The minimum atomic E-state index is -4.42. The number of nitrogens with one attached hydrogen (secondary N) is 1. The average Bonchev–Trinajstić information content (AvgIpc) is 3.13. The van der Waals surface area contributed by atoms with Crippen LogP contribution in [-0.4, -0.2) is 109 Å². The van der Waals surface area contributed by atoms with Crippen LogP contribution in [0.25, 0.3) is 0 Å². The van der Waals surface area contributed by atoms with E-state index in [1.165, 1.54) is 32.1 Å². The minimum Gasteiger partial charge on any atom is -0.355 e. The first-order valence-electron chi connectivity index (χ1n) is 14.0. The van der Waals surface area contributed by atoms with Crippen LogP contribution in [0, 0.1) is 46.3 Å². The fourth-order valence-electron chi connectivity index (χ4n) is 9.42. The van der Waals surface area contributed by atoms with Gasteiger partial charge >= 0.3 is 10.4 Å². The van der Waals surface area contributed by atoms with E-state index in [-0.39, 0.29) is 82.4 Å². The van der Waals surface area contributed by atoms with Gasteiger partial charge in [0.05, 0.1) is 11.9 Å². The van der Waals surface area contributed by atoms with Crippen molar-refractivity contribution in [3.8, 4) is 0 Å². The van der Waals surface area contributed by atoms with E-state index in [4.69, 9.17) is 13.3 Å². The number of carbonyl (C=O) groups is 1. The van der Waals surface area contributed by atoms with Gasteiger partial charge in [-0.2, -0.15) is 16.8 Å². The molecular formula is C26H45NNa2O8S2. The molecule has 0 saturated heterocycles. The minimum absolute atomic E-state index is 0. The number of rotatable bonds is 9.